The number of non-ortho nitro benzene ring substituents is 1. The highest BCUT2D eigenvalue weighted by Crippen LogP contribution is 2.23. The summed E-state index contributed by atoms with van der Waals surface area (Å²) in [6.45, 7) is 1.22. The zero-order valence-corrected chi connectivity index (χ0v) is 15.1. The predicted octanol–water partition coefficient (Wildman–Crippen LogP) is 3.94. The summed E-state index contributed by atoms with van der Waals surface area (Å²) < 4.78 is 4.88. The minimum absolute atomic E-state index is 0.00413. The highest BCUT2D eigenvalue weighted by Gasteiger charge is 2.18. The number of carbonyl (C=O) groups excluding carboxylic acids is 2. The van der Waals surface area contributed by atoms with E-state index in [0.717, 1.165) is 11.6 Å². The Morgan fingerprint density at radius 2 is 1.85 bits per heavy atom. The number of amides is 1. The quantitative estimate of drug-likeness (QED) is 0.452. The molecule has 0 saturated carbocycles. The maximum Gasteiger partial charge on any atom is 0.340 e. The Hall–Kier alpha value is -2.64. The summed E-state index contributed by atoms with van der Waals surface area (Å²) in [5.41, 5.74) is 0.345. The Balaban J connectivity index is 1.94. The largest absolute Gasteiger partial charge is 0.452 e. The fourth-order valence-corrected chi connectivity index (χ4v) is 2.43. The van der Waals surface area contributed by atoms with Crippen LogP contribution in [0.3, 0.4) is 0 Å². The SMILES string of the molecule is C[C@H](NC(=O)COC(=O)c1cc([N+](=O)[O-])ccc1Cl)c1ccc(Cl)cc1. The lowest BCUT2D eigenvalue weighted by Crippen LogP contribution is -2.31. The molecule has 0 spiro atoms. The van der Waals surface area contributed by atoms with E-state index in [1.54, 1.807) is 31.2 Å². The van der Waals surface area contributed by atoms with Gasteiger partial charge in [-0.3, -0.25) is 14.9 Å². The fraction of sp³-hybridized carbons (Fsp3) is 0.176. The highest BCUT2D eigenvalue weighted by molar-refractivity contribution is 6.33. The van der Waals surface area contributed by atoms with Crippen LogP contribution >= 0.6 is 23.2 Å². The number of nitrogens with zero attached hydrogens (tertiary/aromatic N) is 1. The van der Waals surface area contributed by atoms with Crippen molar-refractivity contribution in [3.05, 3.63) is 73.8 Å². The molecule has 9 heteroatoms. The van der Waals surface area contributed by atoms with Gasteiger partial charge in [-0.05, 0) is 30.7 Å². The first-order valence-corrected chi connectivity index (χ1v) is 8.19. The third-order valence-corrected chi connectivity index (χ3v) is 4.04. The van der Waals surface area contributed by atoms with Crippen LogP contribution in [0.25, 0.3) is 0 Å². The number of nitro groups is 1. The molecule has 136 valence electrons. The summed E-state index contributed by atoms with van der Waals surface area (Å²) in [5.74, 6) is -1.45. The molecule has 1 amide bonds. The van der Waals surface area contributed by atoms with Gasteiger partial charge in [0.25, 0.3) is 11.6 Å². The second kappa shape index (κ2) is 8.64. The first-order chi connectivity index (χ1) is 12.3. The molecular weight excluding hydrogens is 383 g/mol. The molecule has 26 heavy (non-hydrogen) atoms. The summed E-state index contributed by atoms with van der Waals surface area (Å²) >= 11 is 11.7. The number of hydrogen-bond donors (Lipinski definition) is 1. The topological polar surface area (TPSA) is 98.5 Å². The Labute approximate surface area is 159 Å². The van der Waals surface area contributed by atoms with Crippen LogP contribution in [-0.4, -0.2) is 23.4 Å². The second-order valence-electron chi connectivity index (χ2n) is 5.34. The Morgan fingerprint density at radius 1 is 1.19 bits per heavy atom. The number of hydrogen-bond acceptors (Lipinski definition) is 5. The number of rotatable bonds is 6. The second-order valence-corrected chi connectivity index (χ2v) is 6.18. The lowest BCUT2D eigenvalue weighted by atomic mass is 10.1. The van der Waals surface area contributed by atoms with E-state index in [-0.39, 0.29) is 22.3 Å². The average molecular weight is 397 g/mol. The van der Waals surface area contributed by atoms with Gasteiger partial charge in [0.05, 0.1) is 21.6 Å². The molecule has 1 N–H and O–H groups in total. The van der Waals surface area contributed by atoms with Crippen molar-refractivity contribution in [2.24, 2.45) is 0 Å². The molecule has 2 aromatic rings. The van der Waals surface area contributed by atoms with Crippen molar-refractivity contribution in [1.29, 1.82) is 0 Å². The zero-order valence-electron chi connectivity index (χ0n) is 13.6. The molecule has 2 aromatic carbocycles. The van der Waals surface area contributed by atoms with Crippen molar-refractivity contribution in [3.63, 3.8) is 0 Å². The molecule has 0 aliphatic rings. The number of esters is 1. The molecule has 1 atom stereocenters. The smallest absolute Gasteiger partial charge is 0.340 e. The normalized spacial score (nSPS) is 11.5. The number of carbonyl (C=O) groups is 2. The summed E-state index contributed by atoms with van der Waals surface area (Å²) in [4.78, 5) is 34.1. The van der Waals surface area contributed by atoms with E-state index in [1.807, 2.05) is 0 Å². The van der Waals surface area contributed by atoms with Gasteiger partial charge in [-0.2, -0.15) is 0 Å². The predicted molar refractivity (Wildman–Crippen MR) is 96.4 cm³/mol. The van der Waals surface area contributed by atoms with Gasteiger partial charge in [0.15, 0.2) is 6.61 Å². The minimum Gasteiger partial charge on any atom is -0.452 e. The molecule has 2 rings (SSSR count). The van der Waals surface area contributed by atoms with E-state index in [4.69, 9.17) is 27.9 Å². The van der Waals surface area contributed by atoms with Crippen LogP contribution in [0, 0.1) is 10.1 Å². The monoisotopic (exact) mass is 396 g/mol. The maximum atomic E-state index is 12.0. The van der Waals surface area contributed by atoms with Crippen LogP contribution < -0.4 is 5.32 Å². The molecule has 0 saturated heterocycles. The minimum atomic E-state index is -0.923. The third-order valence-electron chi connectivity index (χ3n) is 3.46. The molecular formula is C17H14Cl2N2O5. The van der Waals surface area contributed by atoms with Crippen LogP contribution in [0.4, 0.5) is 5.69 Å². The molecule has 0 fully saturated rings. The van der Waals surface area contributed by atoms with Crippen LogP contribution in [0.15, 0.2) is 42.5 Å². The van der Waals surface area contributed by atoms with Crippen LogP contribution in [-0.2, 0) is 9.53 Å². The van der Waals surface area contributed by atoms with Gasteiger partial charge in [0.1, 0.15) is 0 Å². The van der Waals surface area contributed by atoms with Gasteiger partial charge in [0.2, 0.25) is 0 Å². The molecule has 0 radical (unpaired) electrons. The van der Waals surface area contributed by atoms with Crippen LogP contribution in [0.5, 0.6) is 0 Å². The molecule has 0 unspecified atom stereocenters. The fourth-order valence-electron chi connectivity index (χ4n) is 2.11. The lowest BCUT2D eigenvalue weighted by molar-refractivity contribution is -0.384. The zero-order chi connectivity index (χ0) is 19.3. The van der Waals surface area contributed by atoms with Crippen molar-refractivity contribution in [2.45, 2.75) is 13.0 Å². The van der Waals surface area contributed by atoms with Gasteiger partial charge in [-0.1, -0.05) is 35.3 Å². The summed E-state index contributed by atoms with van der Waals surface area (Å²) in [6.07, 6.45) is 0. The lowest BCUT2D eigenvalue weighted by Gasteiger charge is -2.14. The summed E-state index contributed by atoms with van der Waals surface area (Å²) in [5, 5.41) is 14.0. The first kappa shape index (κ1) is 19.7. The summed E-state index contributed by atoms with van der Waals surface area (Å²) in [6, 6.07) is 10.00. The molecule has 0 aromatic heterocycles. The van der Waals surface area contributed by atoms with Crippen molar-refractivity contribution >= 4 is 40.8 Å². The Morgan fingerprint density at radius 3 is 2.46 bits per heavy atom. The highest BCUT2D eigenvalue weighted by atomic mass is 35.5. The van der Waals surface area contributed by atoms with E-state index < -0.39 is 23.4 Å². The Kier molecular flexibility index (Phi) is 6.54. The van der Waals surface area contributed by atoms with Gasteiger partial charge in [-0.25, -0.2) is 4.79 Å². The molecule has 0 aliphatic carbocycles. The Bertz CT molecular complexity index is 840. The van der Waals surface area contributed by atoms with Crippen molar-refractivity contribution in [3.8, 4) is 0 Å². The van der Waals surface area contributed by atoms with E-state index in [0.29, 0.717) is 5.02 Å². The number of nitrogens with one attached hydrogen (secondary N) is 1. The molecule has 7 nitrogen and oxygen atoms in total. The molecule has 0 aliphatic heterocycles. The third kappa shape index (κ3) is 5.18. The van der Waals surface area contributed by atoms with Crippen molar-refractivity contribution < 1.29 is 19.2 Å². The van der Waals surface area contributed by atoms with E-state index in [2.05, 4.69) is 5.32 Å². The van der Waals surface area contributed by atoms with E-state index in [9.17, 15) is 19.7 Å². The average Bonchev–Trinajstić information content (AvgIpc) is 2.60. The number of ether oxygens (including phenoxy) is 1. The molecule has 0 bridgehead atoms. The maximum absolute atomic E-state index is 12.0. The van der Waals surface area contributed by atoms with E-state index >= 15 is 0 Å². The number of nitro benzene ring substituents is 1. The van der Waals surface area contributed by atoms with Crippen LogP contribution in [0.1, 0.15) is 28.9 Å². The van der Waals surface area contributed by atoms with Gasteiger partial charge >= 0.3 is 5.97 Å². The van der Waals surface area contributed by atoms with Crippen molar-refractivity contribution in [1.82, 2.24) is 5.32 Å². The molecule has 0 heterocycles. The number of benzene rings is 2. The van der Waals surface area contributed by atoms with Gasteiger partial charge < -0.3 is 10.1 Å². The van der Waals surface area contributed by atoms with Gasteiger partial charge in [0, 0.05) is 17.2 Å². The first-order valence-electron chi connectivity index (χ1n) is 7.44. The number of halogens is 2. The van der Waals surface area contributed by atoms with Gasteiger partial charge in [-0.15, -0.1) is 0 Å². The van der Waals surface area contributed by atoms with Crippen LogP contribution in [0.2, 0.25) is 10.0 Å². The standard InChI is InChI=1S/C17H14Cl2N2O5/c1-10(11-2-4-12(18)5-3-11)20-16(22)9-26-17(23)14-8-13(21(24)25)6-7-15(14)19/h2-8,10H,9H2,1H3,(H,20,22)/t10-/m0/s1. The van der Waals surface area contributed by atoms with E-state index in [1.165, 1.54) is 12.1 Å². The van der Waals surface area contributed by atoms with Crippen molar-refractivity contribution in [2.75, 3.05) is 6.61 Å². The summed E-state index contributed by atoms with van der Waals surface area (Å²) in [7, 11) is 0.